The largest absolute Gasteiger partial charge is 0.325 e. The van der Waals surface area contributed by atoms with E-state index in [-0.39, 0.29) is 5.91 Å². The van der Waals surface area contributed by atoms with Gasteiger partial charge in [-0.05, 0) is 44.0 Å². The van der Waals surface area contributed by atoms with Gasteiger partial charge < -0.3 is 10.6 Å². The molecule has 2 N–H and O–H groups in total. The normalized spacial score (nSPS) is 12.2. The number of amides is 1. The maximum absolute atomic E-state index is 11.7. The third kappa shape index (κ3) is 4.88. The molecule has 0 saturated carbocycles. The lowest BCUT2D eigenvalue weighted by Crippen LogP contribution is -2.34. The smallest absolute Gasteiger partial charge is 0.238 e. The first-order valence-corrected chi connectivity index (χ1v) is 6.61. The lowest BCUT2D eigenvalue weighted by molar-refractivity contribution is -0.115. The number of hydrogen-bond donors (Lipinski definition) is 2. The molecule has 1 atom stereocenters. The summed E-state index contributed by atoms with van der Waals surface area (Å²) in [5, 5.41) is 6.06. The fourth-order valence-corrected chi connectivity index (χ4v) is 1.85. The first kappa shape index (κ1) is 14.2. The SMILES string of the molecule is CCC(C)NCC(=O)Nc1ccc(Br)cc1C. The molecule has 0 heterocycles. The Morgan fingerprint density at radius 1 is 1.47 bits per heavy atom. The summed E-state index contributed by atoms with van der Waals surface area (Å²) < 4.78 is 1.02. The number of anilines is 1. The van der Waals surface area contributed by atoms with Crippen molar-refractivity contribution >= 4 is 27.5 Å². The van der Waals surface area contributed by atoms with Crippen molar-refractivity contribution in [1.29, 1.82) is 0 Å². The summed E-state index contributed by atoms with van der Waals surface area (Å²) in [4.78, 5) is 11.7. The van der Waals surface area contributed by atoms with Crippen molar-refractivity contribution in [3.63, 3.8) is 0 Å². The van der Waals surface area contributed by atoms with Gasteiger partial charge in [-0.25, -0.2) is 0 Å². The van der Waals surface area contributed by atoms with Crippen molar-refractivity contribution in [1.82, 2.24) is 5.32 Å². The lowest BCUT2D eigenvalue weighted by atomic mass is 10.2. The van der Waals surface area contributed by atoms with Gasteiger partial charge in [0.2, 0.25) is 5.91 Å². The van der Waals surface area contributed by atoms with Crippen molar-refractivity contribution in [2.75, 3.05) is 11.9 Å². The fourth-order valence-electron chi connectivity index (χ4n) is 1.37. The third-order valence-electron chi connectivity index (χ3n) is 2.69. The van der Waals surface area contributed by atoms with Crippen molar-refractivity contribution in [3.05, 3.63) is 28.2 Å². The highest BCUT2D eigenvalue weighted by atomic mass is 79.9. The zero-order chi connectivity index (χ0) is 12.8. The Labute approximate surface area is 111 Å². The van der Waals surface area contributed by atoms with Gasteiger partial charge in [0.1, 0.15) is 0 Å². The number of hydrogen-bond acceptors (Lipinski definition) is 2. The number of carbonyl (C=O) groups excluding carboxylic acids is 1. The van der Waals surface area contributed by atoms with Gasteiger partial charge in [0, 0.05) is 16.2 Å². The van der Waals surface area contributed by atoms with E-state index in [0.717, 1.165) is 22.1 Å². The molecule has 1 rings (SSSR count). The van der Waals surface area contributed by atoms with Crippen LogP contribution in [0.25, 0.3) is 0 Å². The minimum Gasteiger partial charge on any atom is -0.325 e. The van der Waals surface area contributed by atoms with Gasteiger partial charge in [-0.3, -0.25) is 4.79 Å². The Morgan fingerprint density at radius 3 is 2.76 bits per heavy atom. The highest BCUT2D eigenvalue weighted by Crippen LogP contribution is 2.19. The van der Waals surface area contributed by atoms with Crippen LogP contribution in [0.4, 0.5) is 5.69 Å². The molecule has 0 aliphatic carbocycles. The monoisotopic (exact) mass is 298 g/mol. The van der Waals surface area contributed by atoms with E-state index in [9.17, 15) is 4.79 Å². The summed E-state index contributed by atoms with van der Waals surface area (Å²) in [5.74, 6) is -0.00396. The number of nitrogens with one attached hydrogen (secondary N) is 2. The zero-order valence-electron chi connectivity index (χ0n) is 10.5. The number of rotatable bonds is 5. The molecule has 0 spiro atoms. The molecule has 17 heavy (non-hydrogen) atoms. The average molecular weight is 299 g/mol. The van der Waals surface area contributed by atoms with Crippen molar-refractivity contribution in [2.24, 2.45) is 0 Å². The van der Waals surface area contributed by atoms with E-state index < -0.39 is 0 Å². The maximum Gasteiger partial charge on any atom is 0.238 e. The van der Waals surface area contributed by atoms with Gasteiger partial charge in [-0.1, -0.05) is 22.9 Å². The highest BCUT2D eigenvalue weighted by Gasteiger charge is 2.06. The van der Waals surface area contributed by atoms with Gasteiger partial charge in [-0.2, -0.15) is 0 Å². The number of benzene rings is 1. The quantitative estimate of drug-likeness (QED) is 0.877. The van der Waals surface area contributed by atoms with Crippen LogP contribution in [0, 0.1) is 6.92 Å². The molecule has 1 amide bonds. The topological polar surface area (TPSA) is 41.1 Å². The standard InChI is InChI=1S/C13H19BrN2O/c1-4-10(3)15-8-13(17)16-12-6-5-11(14)7-9(12)2/h5-7,10,15H,4,8H2,1-3H3,(H,16,17). The Morgan fingerprint density at radius 2 is 2.18 bits per heavy atom. The van der Waals surface area contributed by atoms with E-state index in [0.29, 0.717) is 12.6 Å². The molecule has 1 aromatic carbocycles. The van der Waals surface area contributed by atoms with Crippen LogP contribution in [0.15, 0.2) is 22.7 Å². The van der Waals surface area contributed by atoms with Gasteiger partial charge in [0.05, 0.1) is 6.54 Å². The molecule has 0 aliphatic heterocycles. The van der Waals surface area contributed by atoms with Gasteiger partial charge in [0.25, 0.3) is 0 Å². The second kappa shape index (κ2) is 6.77. The molecule has 1 aromatic rings. The minimum absolute atomic E-state index is 0.00396. The van der Waals surface area contributed by atoms with Gasteiger partial charge in [0.15, 0.2) is 0 Å². The lowest BCUT2D eigenvalue weighted by Gasteiger charge is -2.12. The molecule has 0 fully saturated rings. The van der Waals surface area contributed by atoms with Crippen LogP contribution in [0.5, 0.6) is 0 Å². The predicted molar refractivity (Wildman–Crippen MR) is 75.3 cm³/mol. The molecular weight excluding hydrogens is 280 g/mol. The summed E-state index contributed by atoms with van der Waals surface area (Å²) in [7, 11) is 0. The molecule has 0 saturated heterocycles. The molecule has 0 aromatic heterocycles. The first-order chi connectivity index (χ1) is 8.02. The molecular formula is C13H19BrN2O. The van der Waals surface area contributed by atoms with Crippen LogP contribution in [-0.2, 0) is 4.79 Å². The fraction of sp³-hybridized carbons (Fsp3) is 0.462. The Kier molecular flexibility index (Phi) is 5.65. The predicted octanol–water partition coefficient (Wildman–Crippen LogP) is 3.08. The molecule has 0 radical (unpaired) electrons. The highest BCUT2D eigenvalue weighted by molar-refractivity contribution is 9.10. The molecule has 0 aliphatic rings. The summed E-state index contributed by atoms with van der Waals surface area (Å²) >= 11 is 3.40. The minimum atomic E-state index is -0.00396. The van der Waals surface area contributed by atoms with E-state index in [1.54, 1.807) is 0 Å². The van der Waals surface area contributed by atoms with Crippen LogP contribution in [-0.4, -0.2) is 18.5 Å². The Bertz CT molecular complexity index is 393. The molecule has 1 unspecified atom stereocenters. The van der Waals surface area contributed by atoms with Crippen molar-refractivity contribution < 1.29 is 4.79 Å². The first-order valence-electron chi connectivity index (χ1n) is 5.82. The number of halogens is 1. The molecule has 4 heteroatoms. The average Bonchev–Trinajstić information content (AvgIpc) is 2.29. The summed E-state index contributed by atoms with van der Waals surface area (Å²) in [6.45, 7) is 6.49. The van der Waals surface area contributed by atoms with Crippen LogP contribution in [0.1, 0.15) is 25.8 Å². The number of carbonyl (C=O) groups is 1. The van der Waals surface area contributed by atoms with E-state index in [1.165, 1.54) is 0 Å². The van der Waals surface area contributed by atoms with Crippen molar-refractivity contribution in [2.45, 2.75) is 33.2 Å². The van der Waals surface area contributed by atoms with Gasteiger partial charge >= 0.3 is 0 Å². The van der Waals surface area contributed by atoms with Crippen molar-refractivity contribution in [3.8, 4) is 0 Å². The van der Waals surface area contributed by atoms with E-state index in [4.69, 9.17) is 0 Å². The van der Waals surface area contributed by atoms with Crippen LogP contribution >= 0.6 is 15.9 Å². The second-order valence-electron chi connectivity index (χ2n) is 4.20. The number of aryl methyl sites for hydroxylation is 1. The Hall–Kier alpha value is -0.870. The van der Waals surface area contributed by atoms with Crippen LogP contribution < -0.4 is 10.6 Å². The van der Waals surface area contributed by atoms with E-state index in [2.05, 4.69) is 40.4 Å². The van der Waals surface area contributed by atoms with Crippen LogP contribution in [0.3, 0.4) is 0 Å². The molecule has 3 nitrogen and oxygen atoms in total. The van der Waals surface area contributed by atoms with Crippen LogP contribution in [0.2, 0.25) is 0 Å². The molecule has 0 bridgehead atoms. The molecule has 94 valence electrons. The summed E-state index contributed by atoms with van der Waals surface area (Å²) in [6.07, 6.45) is 1.02. The van der Waals surface area contributed by atoms with E-state index >= 15 is 0 Å². The van der Waals surface area contributed by atoms with Gasteiger partial charge in [-0.15, -0.1) is 0 Å². The second-order valence-corrected chi connectivity index (χ2v) is 5.11. The third-order valence-corrected chi connectivity index (χ3v) is 3.18. The summed E-state index contributed by atoms with van der Waals surface area (Å²) in [6, 6.07) is 6.18. The maximum atomic E-state index is 11.7. The zero-order valence-corrected chi connectivity index (χ0v) is 12.1. The van der Waals surface area contributed by atoms with E-state index in [1.807, 2.05) is 25.1 Å². The summed E-state index contributed by atoms with van der Waals surface area (Å²) in [5.41, 5.74) is 1.92. The Balaban J connectivity index is 2.50.